The van der Waals surface area contributed by atoms with Gasteiger partial charge in [0.05, 0.1) is 0 Å². The van der Waals surface area contributed by atoms with Crippen molar-refractivity contribution >= 4 is 5.91 Å². The Morgan fingerprint density at radius 2 is 2.19 bits per heavy atom. The molecule has 0 fully saturated rings. The fourth-order valence-electron chi connectivity index (χ4n) is 3.01. The molecule has 2 aromatic rings. The number of nitrogens with zero attached hydrogens (tertiary/aromatic N) is 2. The third kappa shape index (κ3) is 2.46. The van der Waals surface area contributed by atoms with Gasteiger partial charge in [-0.25, -0.2) is 4.98 Å². The minimum Gasteiger partial charge on any atom is -0.448 e. The van der Waals surface area contributed by atoms with Crippen LogP contribution in [0.4, 0.5) is 0 Å². The number of carbonyl (C=O) groups is 1. The van der Waals surface area contributed by atoms with E-state index in [9.17, 15) is 4.79 Å². The first-order valence-corrected chi connectivity index (χ1v) is 7.38. The molecule has 1 aliphatic heterocycles. The van der Waals surface area contributed by atoms with Gasteiger partial charge in [-0.2, -0.15) is 0 Å². The van der Waals surface area contributed by atoms with Crippen molar-refractivity contribution in [3.63, 3.8) is 0 Å². The molecule has 0 aliphatic carbocycles. The van der Waals surface area contributed by atoms with Gasteiger partial charge < -0.3 is 9.32 Å². The van der Waals surface area contributed by atoms with Crippen LogP contribution >= 0.6 is 0 Å². The maximum atomic E-state index is 12.5. The Bertz CT molecular complexity index is 673. The first-order valence-electron chi connectivity index (χ1n) is 7.38. The Morgan fingerprint density at radius 3 is 2.86 bits per heavy atom. The van der Waals surface area contributed by atoms with Gasteiger partial charge in [-0.3, -0.25) is 4.79 Å². The molecular weight excluding hydrogens is 264 g/mol. The van der Waals surface area contributed by atoms with E-state index in [-0.39, 0.29) is 5.91 Å². The van der Waals surface area contributed by atoms with Crippen LogP contribution in [0.15, 0.2) is 29.0 Å². The van der Waals surface area contributed by atoms with Crippen LogP contribution < -0.4 is 0 Å². The molecule has 0 bridgehead atoms. The third-order valence-electron chi connectivity index (χ3n) is 4.16. The number of hydrogen-bond acceptors (Lipinski definition) is 3. The number of fused-ring (bicyclic) bond motifs is 1. The number of aryl methyl sites for hydroxylation is 1. The van der Waals surface area contributed by atoms with Crippen molar-refractivity contribution in [1.82, 2.24) is 9.88 Å². The topological polar surface area (TPSA) is 46.3 Å². The second-order valence-corrected chi connectivity index (χ2v) is 5.87. The summed E-state index contributed by atoms with van der Waals surface area (Å²) < 4.78 is 5.14. The molecule has 4 heteroatoms. The van der Waals surface area contributed by atoms with Crippen LogP contribution in [0.3, 0.4) is 0 Å². The van der Waals surface area contributed by atoms with E-state index in [1.54, 1.807) is 6.92 Å². The molecule has 0 radical (unpaired) electrons. The largest absolute Gasteiger partial charge is 0.448 e. The standard InChI is InChI=1S/C17H20N2O2/c1-11(2)14-6-4-5-13-9-19(8-7-15(13)14)17(20)16-12(3)21-10-18-16/h4-6,10-11H,7-9H2,1-3H3. The van der Waals surface area contributed by atoms with Gasteiger partial charge in [-0.1, -0.05) is 32.0 Å². The van der Waals surface area contributed by atoms with Crippen molar-refractivity contribution in [2.24, 2.45) is 0 Å². The maximum absolute atomic E-state index is 12.5. The fraction of sp³-hybridized carbons (Fsp3) is 0.412. The average Bonchev–Trinajstić information content (AvgIpc) is 2.91. The smallest absolute Gasteiger partial charge is 0.276 e. The second-order valence-electron chi connectivity index (χ2n) is 5.87. The number of aromatic nitrogens is 1. The first-order chi connectivity index (χ1) is 10.1. The molecule has 3 rings (SSSR count). The highest BCUT2D eigenvalue weighted by atomic mass is 16.3. The van der Waals surface area contributed by atoms with Crippen molar-refractivity contribution < 1.29 is 9.21 Å². The van der Waals surface area contributed by atoms with E-state index in [1.807, 2.05) is 4.90 Å². The van der Waals surface area contributed by atoms with Crippen molar-refractivity contribution in [1.29, 1.82) is 0 Å². The summed E-state index contributed by atoms with van der Waals surface area (Å²) in [6.45, 7) is 7.59. The molecule has 4 nitrogen and oxygen atoms in total. The predicted octanol–water partition coefficient (Wildman–Crippen LogP) is 3.30. The number of carbonyl (C=O) groups excluding carboxylic acids is 1. The zero-order chi connectivity index (χ0) is 15.0. The van der Waals surface area contributed by atoms with E-state index in [1.165, 1.54) is 23.1 Å². The maximum Gasteiger partial charge on any atom is 0.276 e. The van der Waals surface area contributed by atoms with Crippen molar-refractivity contribution in [2.45, 2.75) is 39.7 Å². The van der Waals surface area contributed by atoms with E-state index in [0.717, 1.165) is 13.0 Å². The van der Waals surface area contributed by atoms with E-state index in [2.05, 4.69) is 37.0 Å². The SMILES string of the molecule is Cc1ocnc1C(=O)N1CCc2c(cccc2C(C)C)C1. The van der Waals surface area contributed by atoms with Crippen LogP contribution in [0.25, 0.3) is 0 Å². The molecule has 0 atom stereocenters. The van der Waals surface area contributed by atoms with Gasteiger partial charge in [0.2, 0.25) is 0 Å². The van der Waals surface area contributed by atoms with Gasteiger partial charge in [-0.05, 0) is 36.0 Å². The summed E-state index contributed by atoms with van der Waals surface area (Å²) in [6, 6.07) is 6.41. The monoisotopic (exact) mass is 284 g/mol. The lowest BCUT2D eigenvalue weighted by Crippen LogP contribution is -2.36. The number of amides is 1. The van der Waals surface area contributed by atoms with Crippen LogP contribution in [-0.4, -0.2) is 22.3 Å². The van der Waals surface area contributed by atoms with Crippen molar-refractivity contribution in [2.75, 3.05) is 6.54 Å². The van der Waals surface area contributed by atoms with E-state index in [4.69, 9.17) is 4.42 Å². The summed E-state index contributed by atoms with van der Waals surface area (Å²) in [5, 5.41) is 0. The lowest BCUT2D eigenvalue weighted by atomic mass is 9.89. The van der Waals surface area contributed by atoms with Gasteiger partial charge >= 0.3 is 0 Å². The Balaban J connectivity index is 1.87. The molecule has 21 heavy (non-hydrogen) atoms. The molecule has 110 valence electrons. The van der Waals surface area contributed by atoms with E-state index in [0.29, 0.717) is 23.9 Å². The molecule has 0 spiro atoms. The Kier molecular flexibility index (Phi) is 3.53. The number of oxazole rings is 1. The molecule has 2 heterocycles. The normalized spacial score (nSPS) is 14.4. The molecule has 0 saturated carbocycles. The second kappa shape index (κ2) is 5.35. The lowest BCUT2D eigenvalue weighted by molar-refractivity contribution is 0.0727. The van der Waals surface area contributed by atoms with E-state index >= 15 is 0 Å². The molecule has 1 aliphatic rings. The summed E-state index contributed by atoms with van der Waals surface area (Å²) >= 11 is 0. The predicted molar refractivity (Wildman–Crippen MR) is 80.2 cm³/mol. The summed E-state index contributed by atoms with van der Waals surface area (Å²) in [4.78, 5) is 18.4. The van der Waals surface area contributed by atoms with Crippen LogP contribution in [0.2, 0.25) is 0 Å². The highest BCUT2D eigenvalue weighted by Gasteiger charge is 2.26. The zero-order valence-electron chi connectivity index (χ0n) is 12.7. The van der Waals surface area contributed by atoms with Crippen LogP contribution in [0, 0.1) is 6.92 Å². The van der Waals surface area contributed by atoms with Crippen LogP contribution in [0.5, 0.6) is 0 Å². The first kappa shape index (κ1) is 13.9. The number of benzene rings is 1. The summed E-state index contributed by atoms with van der Waals surface area (Å²) in [6.07, 6.45) is 2.24. The van der Waals surface area contributed by atoms with Crippen molar-refractivity contribution in [3.05, 3.63) is 52.7 Å². The fourth-order valence-corrected chi connectivity index (χ4v) is 3.01. The average molecular weight is 284 g/mol. The molecule has 0 unspecified atom stereocenters. The Hall–Kier alpha value is -2.10. The van der Waals surface area contributed by atoms with Gasteiger partial charge in [0, 0.05) is 13.1 Å². The summed E-state index contributed by atoms with van der Waals surface area (Å²) in [7, 11) is 0. The van der Waals surface area contributed by atoms with E-state index < -0.39 is 0 Å². The molecule has 1 aromatic carbocycles. The molecule has 0 N–H and O–H groups in total. The molecular formula is C17H20N2O2. The van der Waals surface area contributed by atoms with Gasteiger partial charge in [0.25, 0.3) is 5.91 Å². The summed E-state index contributed by atoms with van der Waals surface area (Å²) in [5.41, 5.74) is 4.49. The Morgan fingerprint density at radius 1 is 1.38 bits per heavy atom. The number of hydrogen-bond donors (Lipinski definition) is 0. The Labute approximate surface area is 124 Å². The van der Waals surface area contributed by atoms with Crippen molar-refractivity contribution in [3.8, 4) is 0 Å². The third-order valence-corrected chi connectivity index (χ3v) is 4.16. The highest BCUT2D eigenvalue weighted by Crippen LogP contribution is 2.28. The quantitative estimate of drug-likeness (QED) is 0.850. The molecule has 1 aromatic heterocycles. The van der Waals surface area contributed by atoms with Crippen LogP contribution in [0.1, 0.15) is 52.7 Å². The minimum atomic E-state index is -0.0400. The molecule has 1 amide bonds. The number of rotatable bonds is 2. The van der Waals surface area contributed by atoms with Crippen LogP contribution in [-0.2, 0) is 13.0 Å². The van der Waals surface area contributed by atoms with Gasteiger partial charge in [0.1, 0.15) is 5.76 Å². The lowest BCUT2D eigenvalue weighted by Gasteiger charge is -2.30. The van der Waals surface area contributed by atoms with Gasteiger partial charge in [-0.15, -0.1) is 0 Å². The zero-order valence-corrected chi connectivity index (χ0v) is 12.7. The summed E-state index contributed by atoms with van der Waals surface area (Å²) in [5.74, 6) is 1.06. The molecule has 0 saturated heterocycles. The minimum absolute atomic E-state index is 0.0400. The highest BCUT2D eigenvalue weighted by molar-refractivity contribution is 5.93. The van der Waals surface area contributed by atoms with Gasteiger partial charge in [0.15, 0.2) is 12.1 Å².